The maximum Gasteiger partial charge on any atom is 0.417 e. The zero-order valence-corrected chi connectivity index (χ0v) is 10.7. The molecular weight excluding hydrogens is 271 g/mol. The summed E-state index contributed by atoms with van der Waals surface area (Å²) in [4.78, 5) is 17.2. The summed E-state index contributed by atoms with van der Waals surface area (Å²) in [6.07, 6.45) is -1.60. The van der Waals surface area contributed by atoms with Crippen LogP contribution in [0.2, 0.25) is 0 Å². The van der Waals surface area contributed by atoms with Crippen molar-refractivity contribution in [1.29, 1.82) is 0 Å². The summed E-state index contributed by atoms with van der Waals surface area (Å²) in [7, 11) is 0. The van der Waals surface area contributed by atoms with Crippen molar-refractivity contribution >= 4 is 11.7 Å². The Morgan fingerprint density at radius 3 is 2.50 bits per heavy atom. The van der Waals surface area contributed by atoms with Gasteiger partial charge in [-0.15, -0.1) is 0 Å². The quantitative estimate of drug-likeness (QED) is 0.921. The first kappa shape index (κ1) is 13.2. The summed E-state index contributed by atoms with van der Waals surface area (Å²) >= 11 is 0. The van der Waals surface area contributed by atoms with Crippen molar-refractivity contribution in [2.24, 2.45) is 5.92 Å². The molecule has 20 heavy (non-hydrogen) atoms. The number of carbonyl (C=O) groups excluding carboxylic acids is 1. The number of aromatic nitrogens is 1. The Balaban J connectivity index is 1.53. The van der Waals surface area contributed by atoms with E-state index in [4.69, 9.17) is 0 Å². The lowest BCUT2D eigenvalue weighted by Gasteiger charge is -2.40. The smallest absolute Gasteiger partial charge is 0.352 e. The van der Waals surface area contributed by atoms with Gasteiger partial charge in [-0.2, -0.15) is 13.2 Å². The molecule has 1 N–H and O–H groups in total. The molecule has 1 saturated heterocycles. The average molecular weight is 285 g/mol. The van der Waals surface area contributed by atoms with E-state index in [9.17, 15) is 18.0 Å². The first-order chi connectivity index (χ1) is 9.43. The van der Waals surface area contributed by atoms with Gasteiger partial charge in [0.1, 0.15) is 5.82 Å². The zero-order valence-electron chi connectivity index (χ0n) is 10.7. The minimum atomic E-state index is -4.36. The Morgan fingerprint density at radius 2 is 2.00 bits per heavy atom. The van der Waals surface area contributed by atoms with Crippen LogP contribution >= 0.6 is 0 Å². The fraction of sp³-hybridized carbons (Fsp3) is 0.538. The lowest BCUT2D eigenvalue weighted by atomic mass is 10.1. The molecule has 3 rings (SSSR count). The van der Waals surface area contributed by atoms with Crippen LogP contribution in [0, 0.1) is 5.92 Å². The molecule has 1 amide bonds. The van der Waals surface area contributed by atoms with Crippen molar-refractivity contribution in [3.05, 3.63) is 23.9 Å². The van der Waals surface area contributed by atoms with Crippen molar-refractivity contribution in [3.63, 3.8) is 0 Å². The third-order valence-electron chi connectivity index (χ3n) is 3.58. The number of nitrogens with one attached hydrogen (secondary N) is 1. The Kier molecular flexibility index (Phi) is 3.07. The molecule has 108 valence electrons. The molecule has 1 aliphatic heterocycles. The number of nitrogens with zero attached hydrogens (tertiary/aromatic N) is 2. The predicted molar refractivity (Wildman–Crippen MR) is 66.1 cm³/mol. The van der Waals surface area contributed by atoms with Gasteiger partial charge >= 0.3 is 6.18 Å². The van der Waals surface area contributed by atoms with Crippen LogP contribution in [-0.2, 0) is 11.0 Å². The van der Waals surface area contributed by atoms with E-state index in [2.05, 4.69) is 10.3 Å². The molecule has 0 atom stereocenters. The number of rotatable bonds is 3. The highest BCUT2D eigenvalue weighted by Gasteiger charge is 2.35. The lowest BCUT2D eigenvalue weighted by molar-refractivity contribution is -0.137. The van der Waals surface area contributed by atoms with Crippen molar-refractivity contribution < 1.29 is 18.0 Å². The third kappa shape index (κ3) is 2.71. The van der Waals surface area contributed by atoms with Gasteiger partial charge < -0.3 is 10.2 Å². The number of anilines is 1. The second kappa shape index (κ2) is 4.64. The highest BCUT2D eigenvalue weighted by atomic mass is 19.4. The standard InChI is InChI=1S/C13H14F3N3O/c14-13(15,16)9-3-4-11(17-5-9)19-6-10(7-19)18-12(20)8-1-2-8/h3-5,8,10H,1-2,6-7H2,(H,18,20). The maximum absolute atomic E-state index is 12.4. The first-order valence-corrected chi connectivity index (χ1v) is 6.52. The highest BCUT2D eigenvalue weighted by molar-refractivity contribution is 5.81. The fourth-order valence-corrected chi connectivity index (χ4v) is 2.16. The van der Waals surface area contributed by atoms with Gasteiger partial charge in [0.05, 0.1) is 11.6 Å². The van der Waals surface area contributed by atoms with Crippen LogP contribution in [0.15, 0.2) is 18.3 Å². The molecule has 1 saturated carbocycles. The monoisotopic (exact) mass is 285 g/mol. The minimum Gasteiger partial charge on any atom is -0.352 e. The SMILES string of the molecule is O=C(NC1CN(c2ccc(C(F)(F)F)cn2)C1)C1CC1. The largest absolute Gasteiger partial charge is 0.417 e. The van der Waals surface area contributed by atoms with Crippen LogP contribution in [0.3, 0.4) is 0 Å². The van der Waals surface area contributed by atoms with E-state index < -0.39 is 11.7 Å². The molecule has 0 spiro atoms. The van der Waals surface area contributed by atoms with E-state index in [0.717, 1.165) is 25.1 Å². The Morgan fingerprint density at radius 1 is 1.30 bits per heavy atom. The van der Waals surface area contributed by atoms with Gasteiger partial charge in [0.15, 0.2) is 0 Å². The number of pyridine rings is 1. The molecular formula is C13H14F3N3O. The molecule has 2 heterocycles. The maximum atomic E-state index is 12.4. The molecule has 1 aromatic rings. The molecule has 0 bridgehead atoms. The number of carbonyl (C=O) groups is 1. The summed E-state index contributed by atoms with van der Waals surface area (Å²) in [6.45, 7) is 1.19. The topological polar surface area (TPSA) is 45.2 Å². The molecule has 2 aliphatic rings. The van der Waals surface area contributed by atoms with Crippen molar-refractivity contribution in [2.45, 2.75) is 25.1 Å². The van der Waals surface area contributed by atoms with Gasteiger partial charge in [-0.1, -0.05) is 0 Å². The second-order valence-corrected chi connectivity index (χ2v) is 5.29. The summed E-state index contributed by atoms with van der Waals surface area (Å²) in [6, 6.07) is 2.47. The Bertz CT molecular complexity index is 505. The number of amides is 1. The normalized spacial score (nSPS) is 19.6. The Labute approximate surface area is 114 Å². The lowest BCUT2D eigenvalue weighted by Crippen LogP contribution is -2.60. The van der Waals surface area contributed by atoms with E-state index in [0.29, 0.717) is 18.9 Å². The predicted octanol–water partition coefficient (Wildman–Crippen LogP) is 1.82. The van der Waals surface area contributed by atoms with Crippen LogP contribution in [0.25, 0.3) is 0 Å². The molecule has 7 heteroatoms. The number of hydrogen-bond donors (Lipinski definition) is 1. The average Bonchev–Trinajstić information content (AvgIpc) is 3.16. The van der Waals surface area contributed by atoms with Crippen LogP contribution in [-0.4, -0.2) is 30.0 Å². The third-order valence-corrected chi connectivity index (χ3v) is 3.58. The number of alkyl halides is 3. The Hall–Kier alpha value is -1.79. The summed E-state index contributed by atoms with van der Waals surface area (Å²) in [5.41, 5.74) is -0.750. The summed E-state index contributed by atoms with van der Waals surface area (Å²) < 4.78 is 37.2. The van der Waals surface area contributed by atoms with Crippen LogP contribution in [0.1, 0.15) is 18.4 Å². The van der Waals surface area contributed by atoms with E-state index in [-0.39, 0.29) is 17.9 Å². The van der Waals surface area contributed by atoms with E-state index in [1.165, 1.54) is 6.07 Å². The van der Waals surface area contributed by atoms with E-state index >= 15 is 0 Å². The first-order valence-electron chi connectivity index (χ1n) is 6.52. The molecule has 1 aromatic heterocycles. The van der Waals surface area contributed by atoms with Gasteiger partial charge in [-0.25, -0.2) is 4.98 Å². The summed E-state index contributed by atoms with van der Waals surface area (Å²) in [5.74, 6) is 0.776. The van der Waals surface area contributed by atoms with E-state index in [1.807, 2.05) is 4.90 Å². The van der Waals surface area contributed by atoms with Crippen LogP contribution < -0.4 is 10.2 Å². The van der Waals surface area contributed by atoms with Crippen molar-refractivity contribution in [3.8, 4) is 0 Å². The second-order valence-electron chi connectivity index (χ2n) is 5.29. The molecule has 1 aliphatic carbocycles. The van der Waals surface area contributed by atoms with Crippen molar-refractivity contribution in [2.75, 3.05) is 18.0 Å². The molecule has 0 aromatic carbocycles. The number of halogens is 3. The van der Waals surface area contributed by atoms with Crippen molar-refractivity contribution in [1.82, 2.24) is 10.3 Å². The van der Waals surface area contributed by atoms with Crippen LogP contribution in [0.4, 0.5) is 19.0 Å². The summed E-state index contributed by atoms with van der Waals surface area (Å²) in [5, 5.41) is 2.93. The number of hydrogen-bond acceptors (Lipinski definition) is 3. The zero-order chi connectivity index (χ0) is 14.3. The van der Waals surface area contributed by atoms with Gasteiger partial charge in [-0.05, 0) is 25.0 Å². The van der Waals surface area contributed by atoms with Gasteiger partial charge in [0.2, 0.25) is 5.91 Å². The molecule has 0 radical (unpaired) electrons. The highest BCUT2D eigenvalue weighted by Crippen LogP contribution is 2.31. The van der Waals surface area contributed by atoms with E-state index in [1.54, 1.807) is 0 Å². The molecule has 0 unspecified atom stereocenters. The van der Waals surface area contributed by atoms with Gasteiger partial charge in [-0.3, -0.25) is 4.79 Å². The molecule has 4 nitrogen and oxygen atoms in total. The minimum absolute atomic E-state index is 0.0761. The molecule has 2 fully saturated rings. The van der Waals surface area contributed by atoms with Gasteiger partial charge in [0.25, 0.3) is 0 Å². The fourth-order valence-electron chi connectivity index (χ4n) is 2.16. The van der Waals surface area contributed by atoms with Gasteiger partial charge in [0, 0.05) is 25.2 Å². The van der Waals surface area contributed by atoms with Crippen LogP contribution in [0.5, 0.6) is 0 Å².